The molecule has 3 aromatic carbocycles. The van der Waals surface area contributed by atoms with Gasteiger partial charge in [-0.25, -0.2) is 0 Å². The zero-order valence-electron chi connectivity index (χ0n) is 12.5. The summed E-state index contributed by atoms with van der Waals surface area (Å²) in [6, 6.07) is 18.3. The molecule has 0 saturated carbocycles. The Morgan fingerprint density at radius 2 is 1.62 bits per heavy atom. The third-order valence-electron chi connectivity index (χ3n) is 3.93. The molecule has 1 atom stereocenters. The number of nitrogens with zero attached hydrogens (tertiary/aromatic N) is 1. The van der Waals surface area contributed by atoms with Crippen LogP contribution in [0, 0.1) is 11.3 Å². The molecule has 2 nitrogen and oxygen atoms in total. The van der Waals surface area contributed by atoms with Crippen molar-refractivity contribution in [2.45, 2.75) is 12.1 Å². The number of hydrogen-bond donors (Lipinski definition) is 1. The SMILES string of the molecule is N#CC(c1ccc2ccccc2c1)c1ccc(N)cc1C(F)(F)F. The van der Waals surface area contributed by atoms with Crippen LogP contribution < -0.4 is 5.73 Å². The zero-order valence-corrected chi connectivity index (χ0v) is 12.5. The highest BCUT2D eigenvalue weighted by molar-refractivity contribution is 5.83. The van der Waals surface area contributed by atoms with Crippen LogP contribution in [0.2, 0.25) is 0 Å². The number of nitriles is 1. The van der Waals surface area contributed by atoms with Gasteiger partial charge >= 0.3 is 6.18 Å². The van der Waals surface area contributed by atoms with Gasteiger partial charge in [0.25, 0.3) is 0 Å². The number of benzene rings is 3. The minimum absolute atomic E-state index is 0.0151. The van der Waals surface area contributed by atoms with Gasteiger partial charge in [0.2, 0.25) is 0 Å². The molecule has 0 spiro atoms. The highest BCUT2D eigenvalue weighted by Gasteiger charge is 2.36. The van der Waals surface area contributed by atoms with E-state index in [2.05, 4.69) is 0 Å². The van der Waals surface area contributed by atoms with E-state index < -0.39 is 17.7 Å². The molecule has 0 aliphatic carbocycles. The first-order chi connectivity index (χ1) is 11.4. The summed E-state index contributed by atoms with van der Waals surface area (Å²) < 4.78 is 40.0. The second-order valence-electron chi connectivity index (χ2n) is 5.51. The molecule has 0 radical (unpaired) electrons. The van der Waals surface area contributed by atoms with Crippen LogP contribution in [-0.4, -0.2) is 0 Å². The molecule has 0 aromatic heterocycles. The van der Waals surface area contributed by atoms with E-state index in [1.807, 2.05) is 30.3 Å². The fourth-order valence-electron chi connectivity index (χ4n) is 2.78. The number of nitrogens with two attached hydrogens (primary N) is 1. The fraction of sp³-hybridized carbons (Fsp3) is 0.105. The van der Waals surface area contributed by atoms with Crippen molar-refractivity contribution in [3.05, 3.63) is 77.4 Å². The van der Waals surface area contributed by atoms with Crippen LogP contribution in [0.25, 0.3) is 10.8 Å². The molecule has 3 rings (SSSR count). The summed E-state index contributed by atoms with van der Waals surface area (Å²) in [5.41, 5.74) is 5.07. The average molecular weight is 326 g/mol. The lowest BCUT2D eigenvalue weighted by Gasteiger charge is -2.18. The summed E-state index contributed by atoms with van der Waals surface area (Å²) in [6.45, 7) is 0. The van der Waals surface area contributed by atoms with E-state index in [1.54, 1.807) is 18.2 Å². The standard InChI is InChI=1S/C19H13F3N2/c20-19(21,22)18-10-15(24)7-8-16(18)17(11-23)14-6-5-12-3-1-2-4-13(12)9-14/h1-10,17H,24H2. The second-order valence-corrected chi connectivity index (χ2v) is 5.51. The van der Waals surface area contributed by atoms with Gasteiger partial charge in [-0.1, -0.05) is 42.5 Å². The van der Waals surface area contributed by atoms with Gasteiger partial charge in [0.15, 0.2) is 0 Å². The van der Waals surface area contributed by atoms with E-state index in [0.29, 0.717) is 5.56 Å². The van der Waals surface area contributed by atoms with Gasteiger partial charge < -0.3 is 5.73 Å². The van der Waals surface area contributed by atoms with E-state index in [1.165, 1.54) is 12.1 Å². The lowest BCUT2D eigenvalue weighted by atomic mass is 9.87. The maximum atomic E-state index is 13.3. The van der Waals surface area contributed by atoms with Crippen molar-refractivity contribution in [3.8, 4) is 6.07 Å². The molecule has 1 unspecified atom stereocenters. The molecule has 120 valence electrons. The Kier molecular flexibility index (Phi) is 3.90. The first kappa shape index (κ1) is 15.9. The third kappa shape index (κ3) is 2.91. The van der Waals surface area contributed by atoms with Gasteiger partial charge in [-0.15, -0.1) is 0 Å². The topological polar surface area (TPSA) is 49.8 Å². The Morgan fingerprint density at radius 3 is 2.29 bits per heavy atom. The number of rotatable bonds is 2. The lowest BCUT2D eigenvalue weighted by molar-refractivity contribution is -0.138. The molecule has 0 heterocycles. The Balaban J connectivity index is 2.17. The van der Waals surface area contributed by atoms with Crippen molar-refractivity contribution >= 4 is 16.5 Å². The minimum Gasteiger partial charge on any atom is -0.399 e. The Morgan fingerprint density at radius 1 is 0.917 bits per heavy atom. The van der Waals surface area contributed by atoms with Gasteiger partial charge in [-0.3, -0.25) is 0 Å². The van der Waals surface area contributed by atoms with E-state index in [0.717, 1.165) is 16.8 Å². The van der Waals surface area contributed by atoms with Gasteiger partial charge in [0, 0.05) is 5.69 Å². The maximum absolute atomic E-state index is 13.3. The predicted molar refractivity (Wildman–Crippen MR) is 87.3 cm³/mol. The molecule has 0 saturated heterocycles. The number of halogens is 3. The van der Waals surface area contributed by atoms with Crippen LogP contribution in [0.15, 0.2) is 60.7 Å². The summed E-state index contributed by atoms with van der Waals surface area (Å²) in [4.78, 5) is 0. The molecular formula is C19H13F3N2. The van der Waals surface area contributed by atoms with Crippen LogP contribution in [0.4, 0.5) is 18.9 Å². The number of alkyl halides is 3. The monoisotopic (exact) mass is 326 g/mol. The molecule has 24 heavy (non-hydrogen) atoms. The quantitative estimate of drug-likeness (QED) is 0.666. The smallest absolute Gasteiger partial charge is 0.399 e. The van der Waals surface area contributed by atoms with E-state index in [-0.39, 0.29) is 11.3 Å². The molecule has 5 heteroatoms. The normalized spacial score (nSPS) is 12.8. The van der Waals surface area contributed by atoms with Crippen LogP contribution in [-0.2, 0) is 6.18 Å². The first-order valence-electron chi connectivity index (χ1n) is 7.25. The van der Waals surface area contributed by atoms with E-state index in [4.69, 9.17) is 5.73 Å². The van der Waals surface area contributed by atoms with E-state index in [9.17, 15) is 18.4 Å². The van der Waals surface area contributed by atoms with Crippen LogP contribution >= 0.6 is 0 Å². The number of hydrogen-bond acceptors (Lipinski definition) is 2. The van der Waals surface area contributed by atoms with Gasteiger partial charge in [0.1, 0.15) is 0 Å². The van der Waals surface area contributed by atoms with Crippen LogP contribution in [0.5, 0.6) is 0 Å². The largest absolute Gasteiger partial charge is 0.416 e. The van der Waals surface area contributed by atoms with Crippen LogP contribution in [0.1, 0.15) is 22.6 Å². The van der Waals surface area contributed by atoms with Gasteiger partial charge in [-0.2, -0.15) is 18.4 Å². The number of nitrogen functional groups attached to an aromatic ring is 1. The molecule has 2 N–H and O–H groups in total. The highest BCUT2D eigenvalue weighted by Crippen LogP contribution is 2.38. The Bertz CT molecular complexity index is 939. The average Bonchev–Trinajstić information content (AvgIpc) is 2.56. The van der Waals surface area contributed by atoms with Crippen molar-refractivity contribution < 1.29 is 13.2 Å². The zero-order chi connectivity index (χ0) is 17.3. The first-order valence-corrected chi connectivity index (χ1v) is 7.25. The third-order valence-corrected chi connectivity index (χ3v) is 3.93. The predicted octanol–water partition coefficient (Wildman–Crippen LogP) is 5.10. The summed E-state index contributed by atoms with van der Waals surface area (Å²) >= 11 is 0. The van der Waals surface area contributed by atoms with Crippen molar-refractivity contribution in [1.82, 2.24) is 0 Å². The molecule has 0 bridgehead atoms. The van der Waals surface area contributed by atoms with Gasteiger partial charge in [-0.05, 0) is 40.1 Å². The van der Waals surface area contributed by atoms with Crippen molar-refractivity contribution in [2.24, 2.45) is 0 Å². The second kappa shape index (κ2) is 5.89. The highest BCUT2D eigenvalue weighted by atomic mass is 19.4. The molecule has 0 fully saturated rings. The van der Waals surface area contributed by atoms with Crippen LogP contribution in [0.3, 0.4) is 0 Å². The minimum atomic E-state index is -4.57. The van der Waals surface area contributed by atoms with Gasteiger partial charge in [0.05, 0.1) is 17.6 Å². The summed E-state index contributed by atoms with van der Waals surface area (Å²) in [6.07, 6.45) is -4.57. The maximum Gasteiger partial charge on any atom is 0.416 e. The van der Waals surface area contributed by atoms with Crippen molar-refractivity contribution in [2.75, 3.05) is 5.73 Å². The van der Waals surface area contributed by atoms with Crippen molar-refractivity contribution in [1.29, 1.82) is 5.26 Å². The summed E-state index contributed by atoms with van der Waals surface area (Å²) in [5, 5.41) is 11.4. The number of fused-ring (bicyclic) bond motifs is 1. The fourth-order valence-corrected chi connectivity index (χ4v) is 2.78. The Hall–Kier alpha value is -3.00. The summed E-state index contributed by atoms with van der Waals surface area (Å²) in [5.74, 6) is -1.02. The molecule has 0 aliphatic heterocycles. The van der Waals surface area contributed by atoms with Crippen molar-refractivity contribution in [3.63, 3.8) is 0 Å². The molecule has 0 aliphatic rings. The Labute approximate surface area is 136 Å². The summed E-state index contributed by atoms with van der Waals surface area (Å²) in [7, 11) is 0. The number of anilines is 1. The molecule has 3 aromatic rings. The molecule has 0 amide bonds. The lowest BCUT2D eigenvalue weighted by Crippen LogP contribution is -2.13. The van der Waals surface area contributed by atoms with E-state index >= 15 is 0 Å². The molecular weight excluding hydrogens is 313 g/mol.